The Bertz CT molecular complexity index is 993. The number of hydrogen-bond donors (Lipinski definition) is 0. The minimum atomic E-state index is 1.28. The number of rotatable bonds is 1. The molecule has 0 unspecified atom stereocenters. The second kappa shape index (κ2) is 7.14. The van der Waals surface area contributed by atoms with Gasteiger partial charge in [-0.1, -0.05) is 84.4 Å². The summed E-state index contributed by atoms with van der Waals surface area (Å²) in [5.41, 5.74) is 3.86. The standard InChI is InChI=1S/C21H16.C3H6/c1-15-5-4-7-17(13-15)18-11-12-21-19(14-18)10-9-16-6-2-3-8-20(16)21;1-3-2/h2-14H,1H3;3H,1H2,2H3. The number of fused-ring (bicyclic) bond motifs is 3. The summed E-state index contributed by atoms with van der Waals surface area (Å²) < 4.78 is 0. The average Bonchev–Trinajstić information content (AvgIpc) is 2.62. The lowest BCUT2D eigenvalue weighted by atomic mass is 9.97. The van der Waals surface area contributed by atoms with Crippen LogP contribution < -0.4 is 0 Å². The molecule has 0 spiro atoms. The van der Waals surface area contributed by atoms with Gasteiger partial charge in [0.05, 0.1) is 0 Å². The maximum Gasteiger partial charge on any atom is -0.0105 e. The van der Waals surface area contributed by atoms with E-state index in [1.165, 1.54) is 38.2 Å². The quantitative estimate of drug-likeness (QED) is 0.258. The van der Waals surface area contributed by atoms with Gasteiger partial charge in [-0.2, -0.15) is 0 Å². The van der Waals surface area contributed by atoms with Gasteiger partial charge in [0.25, 0.3) is 0 Å². The zero-order valence-corrected chi connectivity index (χ0v) is 14.3. The molecular weight excluding hydrogens is 288 g/mol. The molecule has 4 aromatic carbocycles. The number of benzene rings is 4. The van der Waals surface area contributed by atoms with Crippen LogP contribution in [-0.2, 0) is 0 Å². The highest BCUT2D eigenvalue weighted by atomic mass is 14.1. The molecule has 0 aromatic heterocycles. The zero-order valence-electron chi connectivity index (χ0n) is 14.3. The molecule has 0 saturated carbocycles. The number of hydrogen-bond acceptors (Lipinski definition) is 0. The third kappa shape index (κ3) is 3.23. The van der Waals surface area contributed by atoms with E-state index >= 15 is 0 Å². The fourth-order valence-corrected chi connectivity index (χ4v) is 3.02. The Balaban J connectivity index is 0.000000526. The molecule has 0 saturated heterocycles. The van der Waals surface area contributed by atoms with Gasteiger partial charge in [-0.15, -0.1) is 6.58 Å². The van der Waals surface area contributed by atoms with Gasteiger partial charge < -0.3 is 0 Å². The Hall–Kier alpha value is -2.86. The van der Waals surface area contributed by atoms with Crippen LogP contribution in [-0.4, -0.2) is 0 Å². The first kappa shape index (κ1) is 16.0. The number of aryl methyl sites for hydroxylation is 1. The molecule has 0 fully saturated rings. The van der Waals surface area contributed by atoms with E-state index in [4.69, 9.17) is 0 Å². The van der Waals surface area contributed by atoms with Crippen molar-refractivity contribution in [3.05, 3.63) is 97.1 Å². The van der Waals surface area contributed by atoms with Gasteiger partial charge in [0, 0.05) is 0 Å². The summed E-state index contributed by atoms with van der Waals surface area (Å²) in [4.78, 5) is 0. The van der Waals surface area contributed by atoms with Crippen molar-refractivity contribution in [2.24, 2.45) is 0 Å². The summed E-state index contributed by atoms with van der Waals surface area (Å²) in [7, 11) is 0. The van der Waals surface area contributed by atoms with Crippen molar-refractivity contribution in [3.63, 3.8) is 0 Å². The van der Waals surface area contributed by atoms with E-state index in [9.17, 15) is 0 Å². The molecule has 0 radical (unpaired) electrons. The van der Waals surface area contributed by atoms with Gasteiger partial charge in [0.2, 0.25) is 0 Å². The Morgan fingerprint density at radius 1 is 0.667 bits per heavy atom. The largest absolute Gasteiger partial charge is 0.103 e. The van der Waals surface area contributed by atoms with Crippen LogP contribution >= 0.6 is 0 Å². The molecular formula is C24H22. The van der Waals surface area contributed by atoms with Crippen molar-refractivity contribution in [3.8, 4) is 11.1 Å². The molecule has 0 atom stereocenters. The molecule has 0 aliphatic heterocycles. The van der Waals surface area contributed by atoms with E-state index in [-0.39, 0.29) is 0 Å². The van der Waals surface area contributed by atoms with Crippen LogP contribution in [0.2, 0.25) is 0 Å². The van der Waals surface area contributed by atoms with E-state index in [0.717, 1.165) is 0 Å². The Morgan fingerprint density at radius 3 is 2.12 bits per heavy atom. The van der Waals surface area contributed by atoms with Gasteiger partial charge in [-0.05, 0) is 52.6 Å². The predicted molar refractivity (Wildman–Crippen MR) is 107 cm³/mol. The summed E-state index contributed by atoms with van der Waals surface area (Å²) >= 11 is 0. The molecule has 0 N–H and O–H groups in total. The fourth-order valence-electron chi connectivity index (χ4n) is 3.02. The van der Waals surface area contributed by atoms with E-state index < -0.39 is 0 Å². The second-order valence-corrected chi connectivity index (χ2v) is 6.00. The van der Waals surface area contributed by atoms with E-state index in [1.54, 1.807) is 6.08 Å². The van der Waals surface area contributed by atoms with Crippen molar-refractivity contribution < 1.29 is 0 Å². The summed E-state index contributed by atoms with van der Waals surface area (Å²) in [5, 5.41) is 5.25. The van der Waals surface area contributed by atoms with Gasteiger partial charge in [0.15, 0.2) is 0 Å². The van der Waals surface area contributed by atoms with Gasteiger partial charge >= 0.3 is 0 Å². The van der Waals surface area contributed by atoms with Crippen LogP contribution in [0.1, 0.15) is 12.5 Å². The zero-order chi connectivity index (χ0) is 16.9. The van der Waals surface area contributed by atoms with Gasteiger partial charge in [-0.3, -0.25) is 0 Å². The minimum Gasteiger partial charge on any atom is -0.103 e. The van der Waals surface area contributed by atoms with Crippen LogP contribution in [0.25, 0.3) is 32.7 Å². The monoisotopic (exact) mass is 310 g/mol. The first-order chi connectivity index (χ1) is 11.7. The lowest BCUT2D eigenvalue weighted by molar-refractivity contribution is 1.47. The fraction of sp³-hybridized carbons (Fsp3) is 0.0833. The highest BCUT2D eigenvalue weighted by Crippen LogP contribution is 2.29. The average molecular weight is 310 g/mol. The maximum absolute atomic E-state index is 3.36. The Morgan fingerprint density at radius 2 is 1.33 bits per heavy atom. The van der Waals surface area contributed by atoms with E-state index in [1.807, 2.05) is 6.92 Å². The molecule has 0 aliphatic carbocycles. The SMILES string of the molecule is C=CC.Cc1cccc(-c2ccc3c(ccc4ccccc43)c2)c1. The van der Waals surface area contributed by atoms with E-state index in [2.05, 4.69) is 92.4 Å². The van der Waals surface area contributed by atoms with E-state index in [0.29, 0.717) is 0 Å². The second-order valence-electron chi connectivity index (χ2n) is 6.00. The first-order valence-corrected chi connectivity index (χ1v) is 8.28. The minimum absolute atomic E-state index is 1.28. The summed E-state index contributed by atoms with van der Waals surface area (Å²) in [6.07, 6.45) is 1.75. The lowest BCUT2D eigenvalue weighted by Gasteiger charge is -2.07. The third-order valence-corrected chi connectivity index (χ3v) is 4.10. The molecule has 0 heterocycles. The molecule has 4 rings (SSSR count). The number of allylic oxidation sites excluding steroid dienone is 1. The summed E-state index contributed by atoms with van der Waals surface area (Å²) in [6.45, 7) is 7.39. The van der Waals surface area contributed by atoms with Crippen LogP contribution in [0.5, 0.6) is 0 Å². The highest BCUT2D eigenvalue weighted by Gasteiger charge is 2.03. The van der Waals surface area contributed by atoms with Crippen LogP contribution in [0.4, 0.5) is 0 Å². The normalized spacial score (nSPS) is 10.2. The topological polar surface area (TPSA) is 0 Å². The summed E-state index contributed by atoms with van der Waals surface area (Å²) in [5.74, 6) is 0. The van der Waals surface area contributed by atoms with Crippen molar-refractivity contribution in [2.75, 3.05) is 0 Å². The lowest BCUT2D eigenvalue weighted by Crippen LogP contribution is -1.82. The molecule has 0 nitrogen and oxygen atoms in total. The molecule has 0 amide bonds. The van der Waals surface area contributed by atoms with Crippen LogP contribution in [0.3, 0.4) is 0 Å². The smallest absolute Gasteiger partial charge is 0.0105 e. The molecule has 0 heteroatoms. The Labute approximate surface area is 144 Å². The van der Waals surface area contributed by atoms with Gasteiger partial charge in [0.1, 0.15) is 0 Å². The third-order valence-electron chi connectivity index (χ3n) is 4.10. The van der Waals surface area contributed by atoms with Gasteiger partial charge in [-0.25, -0.2) is 0 Å². The summed E-state index contributed by atoms with van der Waals surface area (Å²) in [6, 6.07) is 28.4. The molecule has 0 aliphatic rings. The van der Waals surface area contributed by atoms with Crippen molar-refractivity contribution in [1.82, 2.24) is 0 Å². The Kier molecular flexibility index (Phi) is 4.77. The molecule has 4 aromatic rings. The predicted octanol–water partition coefficient (Wildman–Crippen LogP) is 7.16. The molecule has 24 heavy (non-hydrogen) atoms. The maximum atomic E-state index is 3.36. The first-order valence-electron chi connectivity index (χ1n) is 8.28. The molecule has 0 bridgehead atoms. The van der Waals surface area contributed by atoms with Crippen molar-refractivity contribution in [1.29, 1.82) is 0 Å². The van der Waals surface area contributed by atoms with Crippen molar-refractivity contribution >= 4 is 21.5 Å². The van der Waals surface area contributed by atoms with Crippen LogP contribution in [0.15, 0.2) is 91.5 Å². The van der Waals surface area contributed by atoms with Crippen LogP contribution in [0, 0.1) is 6.92 Å². The molecule has 118 valence electrons. The highest BCUT2D eigenvalue weighted by molar-refractivity contribution is 6.08. The van der Waals surface area contributed by atoms with Crippen molar-refractivity contribution in [2.45, 2.75) is 13.8 Å².